The summed E-state index contributed by atoms with van der Waals surface area (Å²) < 4.78 is 25.2. The summed E-state index contributed by atoms with van der Waals surface area (Å²) >= 11 is 0. The van der Waals surface area contributed by atoms with Crippen LogP contribution >= 0.6 is 0 Å². The molecular formula is C12H18N2O2S. The van der Waals surface area contributed by atoms with Gasteiger partial charge < -0.3 is 5.32 Å². The zero-order valence-electron chi connectivity index (χ0n) is 10.1. The molecule has 0 saturated carbocycles. The summed E-state index contributed by atoms with van der Waals surface area (Å²) in [5.74, 6) is 0. The van der Waals surface area contributed by atoms with Crippen molar-refractivity contribution in [2.45, 2.75) is 18.2 Å². The van der Waals surface area contributed by atoms with Gasteiger partial charge >= 0.3 is 0 Å². The minimum atomic E-state index is -3.33. The molecule has 0 radical (unpaired) electrons. The minimum Gasteiger partial charge on any atom is -0.385 e. The molecule has 1 rings (SSSR count). The first kappa shape index (κ1) is 13.7. The maximum absolute atomic E-state index is 11.5. The predicted octanol–water partition coefficient (Wildman–Crippen LogP) is 1.97. The fraction of sp³-hybridized carbons (Fsp3) is 0.333. The molecule has 0 aliphatic carbocycles. The first-order valence-electron chi connectivity index (χ1n) is 5.49. The Kier molecular flexibility index (Phi) is 5.18. The van der Waals surface area contributed by atoms with Gasteiger partial charge in [-0.05, 0) is 44.7 Å². The zero-order chi connectivity index (χ0) is 12.7. The summed E-state index contributed by atoms with van der Waals surface area (Å²) in [5, 5.41) is 3.21. The maximum Gasteiger partial charge on any atom is 0.240 e. The van der Waals surface area contributed by atoms with Crippen LogP contribution in [0.3, 0.4) is 0 Å². The van der Waals surface area contributed by atoms with Crippen molar-refractivity contribution in [1.29, 1.82) is 0 Å². The Bertz CT molecular complexity index is 464. The average Bonchev–Trinajstić information content (AvgIpc) is 2.35. The van der Waals surface area contributed by atoms with Crippen LogP contribution in [0.1, 0.15) is 13.3 Å². The van der Waals surface area contributed by atoms with Gasteiger partial charge in [-0.25, -0.2) is 13.1 Å². The van der Waals surface area contributed by atoms with Crippen LogP contribution in [0.25, 0.3) is 0 Å². The van der Waals surface area contributed by atoms with E-state index >= 15 is 0 Å². The van der Waals surface area contributed by atoms with Crippen LogP contribution in [0, 0.1) is 0 Å². The molecule has 0 amide bonds. The van der Waals surface area contributed by atoms with Crippen molar-refractivity contribution in [3.63, 3.8) is 0 Å². The van der Waals surface area contributed by atoms with E-state index < -0.39 is 10.0 Å². The van der Waals surface area contributed by atoms with Gasteiger partial charge in [-0.1, -0.05) is 12.2 Å². The molecule has 2 N–H and O–H groups in total. The standard InChI is InChI=1S/C12H18N2O2S/c1-3-4-5-10-14-11-6-8-12(9-7-11)17(15,16)13-2/h3-4,6-9,13-14H,5,10H2,1-2H3/b4-3+. The van der Waals surface area contributed by atoms with Gasteiger partial charge in [-0.15, -0.1) is 0 Å². The monoisotopic (exact) mass is 254 g/mol. The Morgan fingerprint density at radius 1 is 1.24 bits per heavy atom. The molecule has 0 bridgehead atoms. The first-order chi connectivity index (χ1) is 8.10. The molecule has 0 atom stereocenters. The molecule has 0 aliphatic rings. The summed E-state index contributed by atoms with van der Waals surface area (Å²) in [5.41, 5.74) is 0.921. The van der Waals surface area contributed by atoms with E-state index in [2.05, 4.69) is 16.1 Å². The van der Waals surface area contributed by atoms with Crippen LogP contribution in [0.5, 0.6) is 0 Å². The van der Waals surface area contributed by atoms with E-state index in [-0.39, 0.29) is 4.90 Å². The Hall–Kier alpha value is -1.33. The Morgan fingerprint density at radius 3 is 2.41 bits per heavy atom. The predicted molar refractivity (Wildman–Crippen MR) is 70.6 cm³/mol. The van der Waals surface area contributed by atoms with E-state index in [0.717, 1.165) is 18.7 Å². The minimum absolute atomic E-state index is 0.277. The first-order valence-corrected chi connectivity index (χ1v) is 6.97. The number of sulfonamides is 1. The highest BCUT2D eigenvalue weighted by atomic mass is 32.2. The SMILES string of the molecule is C/C=C/CCNc1ccc(S(=O)(=O)NC)cc1. The second-order valence-electron chi connectivity index (χ2n) is 3.52. The van der Waals surface area contributed by atoms with E-state index in [9.17, 15) is 8.42 Å². The second kappa shape index (κ2) is 6.42. The number of anilines is 1. The third kappa shape index (κ3) is 4.20. The van der Waals surface area contributed by atoms with Crippen LogP contribution in [0.2, 0.25) is 0 Å². The lowest BCUT2D eigenvalue weighted by Gasteiger charge is -2.06. The van der Waals surface area contributed by atoms with E-state index in [4.69, 9.17) is 0 Å². The molecule has 0 aromatic heterocycles. The Morgan fingerprint density at radius 2 is 1.88 bits per heavy atom. The lowest BCUT2D eigenvalue weighted by atomic mass is 10.3. The molecule has 0 spiro atoms. The molecule has 0 heterocycles. The van der Waals surface area contributed by atoms with E-state index in [1.165, 1.54) is 7.05 Å². The number of hydrogen-bond donors (Lipinski definition) is 2. The molecule has 17 heavy (non-hydrogen) atoms. The molecule has 0 aliphatic heterocycles. The van der Waals surface area contributed by atoms with Crippen molar-refractivity contribution in [2.24, 2.45) is 0 Å². The molecule has 94 valence electrons. The highest BCUT2D eigenvalue weighted by Gasteiger charge is 2.09. The van der Waals surface area contributed by atoms with E-state index in [1.54, 1.807) is 24.3 Å². The maximum atomic E-state index is 11.5. The highest BCUT2D eigenvalue weighted by molar-refractivity contribution is 7.89. The van der Waals surface area contributed by atoms with Crippen molar-refractivity contribution in [2.75, 3.05) is 18.9 Å². The topological polar surface area (TPSA) is 58.2 Å². The van der Waals surface area contributed by atoms with E-state index in [0.29, 0.717) is 0 Å². The molecule has 5 heteroatoms. The van der Waals surface area contributed by atoms with Gasteiger partial charge in [0.2, 0.25) is 10.0 Å². The fourth-order valence-electron chi connectivity index (χ4n) is 1.34. The molecule has 1 aromatic carbocycles. The van der Waals surface area contributed by atoms with Gasteiger partial charge in [-0.2, -0.15) is 0 Å². The quantitative estimate of drug-likeness (QED) is 0.603. The molecule has 4 nitrogen and oxygen atoms in total. The smallest absolute Gasteiger partial charge is 0.240 e. The number of allylic oxidation sites excluding steroid dienone is 1. The van der Waals surface area contributed by atoms with Gasteiger partial charge in [0.15, 0.2) is 0 Å². The molecule has 0 saturated heterocycles. The summed E-state index contributed by atoms with van der Waals surface area (Å²) in [6.45, 7) is 2.82. The van der Waals surface area contributed by atoms with Crippen LogP contribution in [-0.4, -0.2) is 22.0 Å². The van der Waals surface area contributed by atoms with Crippen molar-refractivity contribution in [1.82, 2.24) is 4.72 Å². The molecule has 0 unspecified atom stereocenters. The van der Waals surface area contributed by atoms with Gasteiger partial charge in [0.1, 0.15) is 0 Å². The summed E-state index contributed by atoms with van der Waals surface area (Å²) in [6, 6.07) is 6.70. The number of hydrogen-bond acceptors (Lipinski definition) is 3. The summed E-state index contributed by atoms with van der Waals surface area (Å²) in [6.07, 6.45) is 5.03. The highest BCUT2D eigenvalue weighted by Crippen LogP contribution is 2.13. The number of rotatable bonds is 6. The molecule has 1 aromatic rings. The number of nitrogens with one attached hydrogen (secondary N) is 2. The Balaban J connectivity index is 2.62. The lowest BCUT2D eigenvalue weighted by Crippen LogP contribution is -2.18. The van der Waals surface area contributed by atoms with Crippen molar-refractivity contribution in [3.05, 3.63) is 36.4 Å². The average molecular weight is 254 g/mol. The zero-order valence-corrected chi connectivity index (χ0v) is 10.9. The Labute approximate surface area is 103 Å². The van der Waals surface area contributed by atoms with Crippen molar-refractivity contribution in [3.8, 4) is 0 Å². The normalized spacial score (nSPS) is 11.9. The van der Waals surface area contributed by atoms with Gasteiger partial charge in [0.05, 0.1) is 4.90 Å². The second-order valence-corrected chi connectivity index (χ2v) is 5.40. The lowest BCUT2D eigenvalue weighted by molar-refractivity contribution is 0.588. The van der Waals surface area contributed by atoms with E-state index in [1.807, 2.05) is 13.0 Å². The van der Waals surface area contributed by atoms with Crippen LogP contribution in [0.4, 0.5) is 5.69 Å². The van der Waals surface area contributed by atoms with Gasteiger partial charge in [-0.3, -0.25) is 0 Å². The van der Waals surface area contributed by atoms with Crippen molar-refractivity contribution >= 4 is 15.7 Å². The van der Waals surface area contributed by atoms with Gasteiger partial charge in [0, 0.05) is 12.2 Å². The van der Waals surface area contributed by atoms with Gasteiger partial charge in [0.25, 0.3) is 0 Å². The van der Waals surface area contributed by atoms with Crippen LogP contribution in [-0.2, 0) is 10.0 Å². The summed E-state index contributed by atoms with van der Waals surface area (Å²) in [7, 11) is -1.93. The van der Waals surface area contributed by atoms with Crippen LogP contribution < -0.4 is 10.0 Å². The van der Waals surface area contributed by atoms with Crippen molar-refractivity contribution < 1.29 is 8.42 Å². The summed E-state index contributed by atoms with van der Waals surface area (Å²) in [4.78, 5) is 0.277. The number of benzene rings is 1. The fourth-order valence-corrected chi connectivity index (χ4v) is 2.07. The third-order valence-electron chi connectivity index (χ3n) is 2.31. The largest absolute Gasteiger partial charge is 0.385 e. The third-order valence-corrected chi connectivity index (χ3v) is 3.74. The molecule has 0 fully saturated rings. The molecular weight excluding hydrogens is 236 g/mol. The van der Waals surface area contributed by atoms with Crippen LogP contribution in [0.15, 0.2) is 41.3 Å².